The van der Waals surface area contributed by atoms with Gasteiger partial charge in [0.15, 0.2) is 5.13 Å². The number of ether oxygens (including phenoxy) is 1. The molecular weight excluding hydrogens is 437 g/mol. The van der Waals surface area contributed by atoms with Crippen molar-refractivity contribution < 1.29 is 9.53 Å². The fourth-order valence-corrected chi connectivity index (χ4v) is 3.61. The normalized spacial score (nSPS) is 10.4. The highest BCUT2D eigenvalue weighted by atomic mass is 127. The summed E-state index contributed by atoms with van der Waals surface area (Å²) in [4.78, 5) is 17.4. The molecule has 0 saturated carbocycles. The monoisotopic (exact) mass is 451 g/mol. The number of nitrogens with one attached hydrogen (secondary N) is 1. The van der Waals surface area contributed by atoms with E-state index in [1.807, 2.05) is 42.5 Å². The number of hydrogen-bond donors (Lipinski definition) is 2. The van der Waals surface area contributed by atoms with Gasteiger partial charge in [-0.25, -0.2) is 4.98 Å². The molecule has 0 bridgehead atoms. The second-order valence-corrected chi connectivity index (χ2v) is 7.06. The van der Waals surface area contributed by atoms with Crippen molar-refractivity contribution in [1.82, 2.24) is 4.98 Å². The van der Waals surface area contributed by atoms with Crippen LogP contribution >= 0.6 is 33.9 Å². The number of rotatable bonds is 5. The zero-order chi connectivity index (χ0) is 17.1. The number of halogens is 1. The maximum absolute atomic E-state index is 12.7. The average molecular weight is 451 g/mol. The Bertz CT molecular complexity index is 878. The number of anilines is 3. The summed E-state index contributed by atoms with van der Waals surface area (Å²) in [5, 5.41) is 3.73. The molecule has 2 aromatic carbocycles. The highest BCUT2D eigenvalue weighted by Crippen LogP contribution is 2.31. The molecule has 0 saturated heterocycles. The van der Waals surface area contributed by atoms with Gasteiger partial charge in [0.1, 0.15) is 16.4 Å². The lowest BCUT2D eigenvalue weighted by Gasteiger charge is -2.03. The number of hydrogen-bond acceptors (Lipinski definition) is 6. The van der Waals surface area contributed by atoms with E-state index in [4.69, 9.17) is 10.5 Å². The van der Waals surface area contributed by atoms with Gasteiger partial charge in [0.05, 0.1) is 7.11 Å². The van der Waals surface area contributed by atoms with Crippen molar-refractivity contribution in [3.8, 4) is 5.75 Å². The molecule has 0 aliphatic heterocycles. The van der Waals surface area contributed by atoms with Crippen LogP contribution in [0, 0.1) is 3.57 Å². The van der Waals surface area contributed by atoms with Crippen molar-refractivity contribution in [3.63, 3.8) is 0 Å². The highest BCUT2D eigenvalue weighted by Gasteiger charge is 2.19. The minimum Gasteiger partial charge on any atom is -0.497 e. The van der Waals surface area contributed by atoms with Crippen LogP contribution in [-0.4, -0.2) is 17.9 Å². The largest absolute Gasteiger partial charge is 0.497 e. The summed E-state index contributed by atoms with van der Waals surface area (Å²) in [6.07, 6.45) is 0. The Labute approximate surface area is 157 Å². The van der Waals surface area contributed by atoms with Gasteiger partial charge in [0.25, 0.3) is 0 Å². The van der Waals surface area contributed by atoms with Gasteiger partial charge in [-0.15, -0.1) is 0 Å². The van der Waals surface area contributed by atoms with Crippen LogP contribution in [0.2, 0.25) is 0 Å². The van der Waals surface area contributed by atoms with E-state index in [9.17, 15) is 4.79 Å². The zero-order valence-electron chi connectivity index (χ0n) is 12.7. The summed E-state index contributed by atoms with van der Waals surface area (Å²) in [6.45, 7) is 0. The fraction of sp³-hybridized carbons (Fsp3) is 0.0588. The van der Waals surface area contributed by atoms with Gasteiger partial charge in [-0.2, -0.15) is 0 Å². The van der Waals surface area contributed by atoms with Gasteiger partial charge in [-0.05, 0) is 59.0 Å². The standard InChI is InChI=1S/C17H14IN3O2S/c1-23-11-8-6-10(7-9-11)20-17-21-16(19)15(24-17)14(22)12-4-2-3-5-13(12)18/h2-9H,19H2,1H3,(H,20,21). The number of nitrogens with two attached hydrogens (primary N) is 1. The summed E-state index contributed by atoms with van der Waals surface area (Å²) in [5.74, 6) is 0.896. The predicted molar refractivity (Wildman–Crippen MR) is 105 cm³/mol. The van der Waals surface area contributed by atoms with Gasteiger partial charge < -0.3 is 15.8 Å². The van der Waals surface area contributed by atoms with Gasteiger partial charge in [-0.1, -0.05) is 23.5 Å². The van der Waals surface area contributed by atoms with Crippen LogP contribution in [0.3, 0.4) is 0 Å². The first-order valence-corrected chi connectivity index (χ1v) is 8.94. The number of carbonyl (C=O) groups is 1. The highest BCUT2D eigenvalue weighted by molar-refractivity contribution is 14.1. The first-order chi connectivity index (χ1) is 11.6. The third-order valence-electron chi connectivity index (χ3n) is 3.32. The van der Waals surface area contributed by atoms with Gasteiger partial charge in [-0.3, -0.25) is 4.79 Å². The van der Waals surface area contributed by atoms with E-state index in [1.165, 1.54) is 11.3 Å². The molecule has 0 unspecified atom stereocenters. The number of benzene rings is 2. The lowest BCUT2D eigenvalue weighted by atomic mass is 10.1. The Morgan fingerprint density at radius 3 is 2.58 bits per heavy atom. The molecule has 3 rings (SSSR count). The van der Waals surface area contributed by atoms with Crippen LogP contribution < -0.4 is 15.8 Å². The van der Waals surface area contributed by atoms with Crippen molar-refractivity contribution in [1.29, 1.82) is 0 Å². The first kappa shape index (κ1) is 16.7. The number of aromatic nitrogens is 1. The average Bonchev–Trinajstić information content (AvgIpc) is 2.96. The van der Waals surface area contributed by atoms with Crippen molar-refractivity contribution in [2.24, 2.45) is 0 Å². The minimum atomic E-state index is -0.113. The Hall–Kier alpha value is -2.13. The molecule has 0 spiro atoms. The van der Waals surface area contributed by atoms with E-state index in [0.29, 0.717) is 15.6 Å². The molecule has 0 amide bonds. The number of nitrogens with zero attached hydrogens (tertiary/aromatic N) is 1. The second kappa shape index (κ2) is 7.18. The third-order valence-corrected chi connectivity index (χ3v) is 5.25. The number of thiazole rings is 1. The van der Waals surface area contributed by atoms with E-state index in [0.717, 1.165) is 15.0 Å². The minimum absolute atomic E-state index is 0.113. The molecule has 3 N–H and O–H groups in total. The number of nitrogen functional groups attached to an aromatic ring is 1. The summed E-state index contributed by atoms with van der Waals surface area (Å²) < 4.78 is 6.01. The molecule has 0 fully saturated rings. The Kier molecular flexibility index (Phi) is 5.00. The van der Waals surface area contributed by atoms with Crippen LogP contribution in [0.25, 0.3) is 0 Å². The molecular formula is C17H14IN3O2S. The number of methoxy groups -OCH3 is 1. The van der Waals surface area contributed by atoms with Crippen molar-refractivity contribution in [2.45, 2.75) is 0 Å². The molecule has 0 aliphatic carbocycles. The van der Waals surface area contributed by atoms with E-state index >= 15 is 0 Å². The quantitative estimate of drug-likeness (QED) is 0.447. The predicted octanol–water partition coefficient (Wildman–Crippen LogP) is 4.31. The van der Waals surface area contributed by atoms with Crippen LogP contribution in [0.5, 0.6) is 5.75 Å². The van der Waals surface area contributed by atoms with E-state index in [-0.39, 0.29) is 11.6 Å². The molecule has 5 nitrogen and oxygen atoms in total. The molecule has 24 heavy (non-hydrogen) atoms. The third kappa shape index (κ3) is 3.51. The summed E-state index contributed by atoms with van der Waals surface area (Å²) in [5.41, 5.74) is 7.42. The molecule has 1 heterocycles. The van der Waals surface area contributed by atoms with Crippen LogP contribution in [0.1, 0.15) is 15.2 Å². The van der Waals surface area contributed by atoms with Crippen molar-refractivity contribution >= 4 is 56.3 Å². The summed E-state index contributed by atoms with van der Waals surface area (Å²) in [7, 11) is 1.62. The molecule has 7 heteroatoms. The maximum atomic E-state index is 12.7. The van der Waals surface area contributed by atoms with E-state index < -0.39 is 0 Å². The lowest BCUT2D eigenvalue weighted by Crippen LogP contribution is -2.04. The van der Waals surface area contributed by atoms with Crippen LogP contribution in [0.4, 0.5) is 16.6 Å². The Morgan fingerprint density at radius 1 is 1.21 bits per heavy atom. The second-order valence-electron chi connectivity index (χ2n) is 4.90. The molecule has 122 valence electrons. The first-order valence-electron chi connectivity index (χ1n) is 7.05. The molecule has 3 aromatic rings. The molecule has 0 aliphatic rings. The lowest BCUT2D eigenvalue weighted by molar-refractivity contribution is 0.104. The van der Waals surface area contributed by atoms with E-state index in [2.05, 4.69) is 32.9 Å². The summed E-state index contributed by atoms with van der Waals surface area (Å²) >= 11 is 3.39. The summed E-state index contributed by atoms with van der Waals surface area (Å²) in [6, 6.07) is 14.8. The van der Waals surface area contributed by atoms with E-state index in [1.54, 1.807) is 13.2 Å². The molecule has 1 aromatic heterocycles. The smallest absolute Gasteiger partial charge is 0.207 e. The SMILES string of the molecule is COc1ccc(Nc2nc(N)c(C(=O)c3ccccc3I)s2)cc1. The number of ketones is 1. The van der Waals surface area contributed by atoms with Gasteiger partial charge in [0.2, 0.25) is 5.78 Å². The topological polar surface area (TPSA) is 77.2 Å². The van der Waals surface area contributed by atoms with Crippen LogP contribution in [0.15, 0.2) is 48.5 Å². The van der Waals surface area contributed by atoms with Crippen molar-refractivity contribution in [2.75, 3.05) is 18.2 Å². The molecule has 0 atom stereocenters. The fourth-order valence-electron chi connectivity index (χ4n) is 2.11. The van der Waals surface area contributed by atoms with Crippen LogP contribution in [-0.2, 0) is 0 Å². The van der Waals surface area contributed by atoms with Gasteiger partial charge >= 0.3 is 0 Å². The number of carbonyl (C=O) groups excluding carboxylic acids is 1. The zero-order valence-corrected chi connectivity index (χ0v) is 15.7. The molecule has 0 radical (unpaired) electrons. The Balaban J connectivity index is 1.84. The maximum Gasteiger partial charge on any atom is 0.207 e. The Morgan fingerprint density at radius 2 is 1.92 bits per heavy atom. The van der Waals surface area contributed by atoms with Gasteiger partial charge in [0, 0.05) is 14.8 Å². The van der Waals surface area contributed by atoms with Crippen molar-refractivity contribution in [3.05, 3.63) is 62.5 Å².